The highest BCUT2D eigenvalue weighted by Gasteiger charge is 2.16. The van der Waals surface area contributed by atoms with Gasteiger partial charge in [0.1, 0.15) is 5.75 Å². The zero-order chi connectivity index (χ0) is 24.4. The fourth-order valence-electron chi connectivity index (χ4n) is 3.13. The second kappa shape index (κ2) is 13.3. The Bertz CT molecular complexity index is 958. The second-order valence-corrected chi connectivity index (χ2v) is 9.45. The number of anilines is 1. The Kier molecular flexibility index (Phi) is 10.8. The van der Waals surface area contributed by atoms with Crippen molar-refractivity contribution in [1.82, 2.24) is 10.2 Å². The molecule has 0 aliphatic rings. The van der Waals surface area contributed by atoms with E-state index >= 15 is 0 Å². The topological polar surface area (TPSA) is 70.7 Å². The van der Waals surface area contributed by atoms with E-state index in [4.69, 9.17) is 17.0 Å². The molecule has 0 unspecified atom stereocenters. The summed E-state index contributed by atoms with van der Waals surface area (Å²) in [6, 6.07) is 12.4. The van der Waals surface area contributed by atoms with E-state index in [-0.39, 0.29) is 16.9 Å². The molecular weight excluding hydrogens is 502 g/mol. The van der Waals surface area contributed by atoms with Gasteiger partial charge in [0, 0.05) is 28.8 Å². The van der Waals surface area contributed by atoms with Crippen LogP contribution >= 0.6 is 28.1 Å². The van der Waals surface area contributed by atoms with E-state index in [2.05, 4.69) is 40.4 Å². The van der Waals surface area contributed by atoms with Gasteiger partial charge >= 0.3 is 0 Å². The van der Waals surface area contributed by atoms with Gasteiger partial charge in [0.2, 0.25) is 0 Å². The zero-order valence-electron chi connectivity index (χ0n) is 19.6. The van der Waals surface area contributed by atoms with Crippen molar-refractivity contribution in [1.29, 1.82) is 0 Å². The van der Waals surface area contributed by atoms with E-state index in [1.807, 2.05) is 24.8 Å². The summed E-state index contributed by atoms with van der Waals surface area (Å²) in [7, 11) is 0. The number of nitrogens with zero attached hydrogens (tertiary/aromatic N) is 1. The monoisotopic (exact) mass is 533 g/mol. The van der Waals surface area contributed by atoms with Gasteiger partial charge in [0.05, 0.1) is 12.2 Å². The van der Waals surface area contributed by atoms with Gasteiger partial charge in [-0.15, -0.1) is 0 Å². The largest absolute Gasteiger partial charge is 0.492 e. The van der Waals surface area contributed by atoms with Crippen LogP contribution < -0.4 is 15.4 Å². The van der Waals surface area contributed by atoms with E-state index in [0.29, 0.717) is 35.1 Å². The van der Waals surface area contributed by atoms with Crippen molar-refractivity contribution in [3.8, 4) is 5.75 Å². The predicted octanol–water partition coefficient (Wildman–Crippen LogP) is 5.87. The third kappa shape index (κ3) is 8.44. The number of ether oxygens (including phenoxy) is 1. The SMILES string of the molecule is CCCN(CCC)C(=O)c1ccc(NC(=S)NC(=O)c2cc(Br)ccc2OCC(C)C)cc1. The molecule has 0 aliphatic heterocycles. The number of rotatable bonds is 10. The summed E-state index contributed by atoms with van der Waals surface area (Å²) >= 11 is 8.72. The molecule has 0 heterocycles. The summed E-state index contributed by atoms with van der Waals surface area (Å²) in [4.78, 5) is 27.4. The first-order valence-electron chi connectivity index (χ1n) is 11.2. The summed E-state index contributed by atoms with van der Waals surface area (Å²) in [5.41, 5.74) is 1.69. The van der Waals surface area contributed by atoms with Crippen LogP contribution in [-0.2, 0) is 0 Å². The average molecular weight is 535 g/mol. The molecular formula is C25H32BrN3O3S. The molecule has 0 fully saturated rings. The van der Waals surface area contributed by atoms with Crippen LogP contribution in [0.5, 0.6) is 5.75 Å². The Hall–Kier alpha value is -2.45. The number of thiocarbonyl (C=S) groups is 1. The van der Waals surface area contributed by atoms with Gasteiger partial charge in [-0.1, -0.05) is 43.6 Å². The van der Waals surface area contributed by atoms with Crippen LogP contribution in [0.25, 0.3) is 0 Å². The molecule has 178 valence electrons. The minimum Gasteiger partial charge on any atom is -0.492 e. The Morgan fingerprint density at radius 1 is 1.06 bits per heavy atom. The molecule has 6 nitrogen and oxygen atoms in total. The van der Waals surface area contributed by atoms with E-state index < -0.39 is 0 Å². The summed E-state index contributed by atoms with van der Waals surface area (Å²) in [6.45, 7) is 10.2. The molecule has 2 amide bonds. The Morgan fingerprint density at radius 3 is 2.27 bits per heavy atom. The molecule has 0 atom stereocenters. The molecule has 33 heavy (non-hydrogen) atoms. The van der Waals surface area contributed by atoms with Gasteiger partial charge < -0.3 is 15.0 Å². The molecule has 0 spiro atoms. The lowest BCUT2D eigenvalue weighted by Crippen LogP contribution is -2.34. The van der Waals surface area contributed by atoms with Gasteiger partial charge in [-0.3, -0.25) is 14.9 Å². The maximum atomic E-state index is 12.8. The minimum atomic E-state index is -0.367. The highest BCUT2D eigenvalue weighted by atomic mass is 79.9. The Labute approximate surface area is 210 Å². The first-order chi connectivity index (χ1) is 15.7. The maximum Gasteiger partial charge on any atom is 0.261 e. The molecule has 2 aromatic carbocycles. The number of benzene rings is 2. The average Bonchev–Trinajstić information content (AvgIpc) is 2.78. The first-order valence-corrected chi connectivity index (χ1v) is 12.4. The fourth-order valence-corrected chi connectivity index (χ4v) is 3.70. The van der Waals surface area contributed by atoms with Crippen molar-refractivity contribution >= 4 is 50.8 Å². The molecule has 0 saturated heterocycles. The Morgan fingerprint density at radius 2 is 1.70 bits per heavy atom. The summed E-state index contributed by atoms with van der Waals surface area (Å²) in [5, 5.41) is 5.85. The Balaban J connectivity index is 2.03. The van der Waals surface area contributed by atoms with Crippen LogP contribution in [0.4, 0.5) is 5.69 Å². The van der Waals surface area contributed by atoms with E-state index in [0.717, 1.165) is 30.4 Å². The molecule has 2 aromatic rings. The lowest BCUT2D eigenvalue weighted by Gasteiger charge is -2.21. The van der Waals surface area contributed by atoms with Crippen LogP contribution in [0.3, 0.4) is 0 Å². The maximum absolute atomic E-state index is 12.8. The van der Waals surface area contributed by atoms with Gasteiger partial charge in [-0.05, 0) is 73.4 Å². The summed E-state index contributed by atoms with van der Waals surface area (Å²) < 4.78 is 6.55. The van der Waals surface area contributed by atoms with Gasteiger partial charge in [0.15, 0.2) is 5.11 Å². The quantitative estimate of drug-likeness (QED) is 0.373. The van der Waals surface area contributed by atoms with Gasteiger partial charge in [0.25, 0.3) is 11.8 Å². The van der Waals surface area contributed by atoms with Crippen molar-refractivity contribution < 1.29 is 14.3 Å². The second-order valence-electron chi connectivity index (χ2n) is 8.12. The molecule has 2 rings (SSSR count). The fraction of sp³-hybridized carbons (Fsp3) is 0.400. The number of carbonyl (C=O) groups is 2. The van der Waals surface area contributed by atoms with Gasteiger partial charge in [-0.25, -0.2) is 0 Å². The molecule has 2 N–H and O–H groups in total. The zero-order valence-corrected chi connectivity index (χ0v) is 22.0. The molecule has 0 aliphatic carbocycles. The van der Waals surface area contributed by atoms with E-state index in [1.54, 1.807) is 36.4 Å². The number of nitrogens with one attached hydrogen (secondary N) is 2. The third-order valence-corrected chi connectivity index (χ3v) is 5.35. The van der Waals surface area contributed by atoms with Crippen LogP contribution in [0, 0.1) is 5.92 Å². The van der Waals surface area contributed by atoms with Crippen LogP contribution in [0.15, 0.2) is 46.9 Å². The third-order valence-electron chi connectivity index (χ3n) is 4.65. The summed E-state index contributed by atoms with van der Waals surface area (Å²) in [6.07, 6.45) is 1.84. The number of carbonyl (C=O) groups excluding carboxylic acids is 2. The van der Waals surface area contributed by atoms with Crippen molar-refractivity contribution in [2.75, 3.05) is 25.0 Å². The van der Waals surface area contributed by atoms with Crippen molar-refractivity contribution in [2.24, 2.45) is 5.92 Å². The van der Waals surface area contributed by atoms with Crippen molar-refractivity contribution in [2.45, 2.75) is 40.5 Å². The smallest absolute Gasteiger partial charge is 0.261 e. The lowest BCUT2D eigenvalue weighted by atomic mass is 10.1. The van der Waals surface area contributed by atoms with Crippen LogP contribution in [-0.4, -0.2) is 41.5 Å². The molecule has 0 saturated carbocycles. The number of hydrogen-bond donors (Lipinski definition) is 2. The van der Waals surface area contributed by atoms with E-state index in [9.17, 15) is 9.59 Å². The molecule has 0 aromatic heterocycles. The standard InChI is InChI=1S/C25H32BrN3O3S/c1-5-13-29(14-6-2)24(31)18-7-10-20(11-8-18)27-25(33)28-23(30)21-15-19(26)9-12-22(21)32-16-17(3)4/h7-12,15,17H,5-6,13-14,16H2,1-4H3,(H2,27,28,30,33). The number of halogens is 1. The number of hydrogen-bond acceptors (Lipinski definition) is 4. The van der Waals surface area contributed by atoms with Crippen molar-refractivity contribution in [3.05, 3.63) is 58.1 Å². The summed E-state index contributed by atoms with van der Waals surface area (Å²) in [5.74, 6) is 0.482. The van der Waals surface area contributed by atoms with Crippen LogP contribution in [0.2, 0.25) is 0 Å². The minimum absolute atomic E-state index is 0.0183. The number of amides is 2. The van der Waals surface area contributed by atoms with E-state index in [1.165, 1.54) is 0 Å². The van der Waals surface area contributed by atoms with Crippen LogP contribution in [0.1, 0.15) is 61.3 Å². The molecule has 0 bridgehead atoms. The first kappa shape index (κ1) is 26.8. The van der Waals surface area contributed by atoms with Gasteiger partial charge in [-0.2, -0.15) is 0 Å². The predicted molar refractivity (Wildman–Crippen MR) is 141 cm³/mol. The highest BCUT2D eigenvalue weighted by Crippen LogP contribution is 2.24. The molecule has 0 radical (unpaired) electrons. The normalized spacial score (nSPS) is 10.6. The highest BCUT2D eigenvalue weighted by molar-refractivity contribution is 9.10. The lowest BCUT2D eigenvalue weighted by molar-refractivity contribution is 0.0755. The molecule has 8 heteroatoms. The van der Waals surface area contributed by atoms with Crippen molar-refractivity contribution in [3.63, 3.8) is 0 Å².